The van der Waals surface area contributed by atoms with E-state index in [4.69, 9.17) is 22.8 Å². The number of hydrogen-bond donors (Lipinski definition) is 1. The molecule has 2 saturated carbocycles. The van der Waals surface area contributed by atoms with E-state index in [1.165, 1.54) is 21.5 Å². The summed E-state index contributed by atoms with van der Waals surface area (Å²) in [5, 5.41) is 2.55. The monoisotopic (exact) mass is 596 g/mol. The second-order valence-electron chi connectivity index (χ2n) is 10.9. The Morgan fingerprint density at radius 3 is 2.11 bits per heavy atom. The van der Waals surface area contributed by atoms with Crippen molar-refractivity contribution in [1.82, 2.24) is 0 Å². The number of halogens is 2. The summed E-state index contributed by atoms with van der Waals surface area (Å²) in [4.78, 5) is 13.3. The molecule has 0 saturated heterocycles. The second-order valence-corrected chi connectivity index (χ2v) is 49.4. The molecule has 3 aliphatic carbocycles. The van der Waals surface area contributed by atoms with E-state index in [0.29, 0.717) is 5.92 Å². The summed E-state index contributed by atoms with van der Waals surface area (Å²) in [6.45, 7) is 0. The number of fused-ring (bicyclic) bond motifs is 3. The summed E-state index contributed by atoms with van der Waals surface area (Å²) in [5.41, 5.74) is 8.11. The molecule has 6 heteroatoms. The molecule has 6 rings (SSSR count). The molecule has 1 amide bonds. The molecule has 3 aliphatic rings. The van der Waals surface area contributed by atoms with E-state index in [9.17, 15) is 4.79 Å². The van der Waals surface area contributed by atoms with Crippen LogP contribution in [0.15, 0.2) is 91.0 Å². The number of carbonyl (C=O) groups is 1. The fourth-order valence-electron chi connectivity index (χ4n) is 7.85. The molecule has 4 unspecified atom stereocenters. The summed E-state index contributed by atoms with van der Waals surface area (Å²) in [7, 11) is 17.0. The van der Waals surface area contributed by atoms with Gasteiger partial charge in [-0.25, -0.2) is 0 Å². The Hall–Kier alpha value is -1.45. The number of hydrogen-bond acceptors (Lipinski definition) is 1. The van der Waals surface area contributed by atoms with Crippen LogP contribution < -0.4 is 16.1 Å². The first-order chi connectivity index (χ1) is 16.8. The Kier molecular flexibility index (Phi) is 5.84. The van der Waals surface area contributed by atoms with Gasteiger partial charge in [0.25, 0.3) is 0 Å². The third-order valence-corrected chi connectivity index (χ3v) is 53.0. The van der Waals surface area contributed by atoms with Gasteiger partial charge in [-0.3, -0.25) is 0 Å². The molecule has 3 aromatic carbocycles. The molecule has 0 aliphatic heterocycles. The molecule has 2 bridgehead atoms. The van der Waals surface area contributed by atoms with Crippen LogP contribution in [0.5, 0.6) is 0 Å². The summed E-state index contributed by atoms with van der Waals surface area (Å²) in [6, 6.07) is 29.9. The predicted octanol–water partition coefficient (Wildman–Crippen LogP) is 5.75. The molecule has 2 fully saturated rings. The summed E-state index contributed by atoms with van der Waals surface area (Å²) in [6.07, 6.45) is 8.13. The molecule has 2 N–H and O–H groups in total. The van der Waals surface area contributed by atoms with Crippen molar-refractivity contribution in [3.63, 3.8) is 0 Å². The first-order valence-electron chi connectivity index (χ1n) is 12.6. The maximum atomic E-state index is 13.3. The first-order valence-corrected chi connectivity index (χ1v) is 27.7. The Morgan fingerprint density at radius 1 is 0.914 bits per heavy atom. The van der Waals surface area contributed by atoms with Crippen LogP contribution >= 0.6 is 17.0 Å². The molecular weight excluding hydrogens is 569 g/mol. The summed E-state index contributed by atoms with van der Waals surface area (Å²) >= 11 is -5.05. The fourth-order valence-corrected chi connectivity index (χ4v) is 58.3. The van der Waals surface area contributed by atoms with E-state index in [1.807, 2.05) is 0 Å². The third-order valence-electron chi connectivity index (χ3n) is 9.26. The topological polar surface area (TPSA) is 43.1 Å². The molecular formula is C29H30Cl2NOSiZr. The average molecular weight is 599 g/mol. The van der Waals surface area contributed by atoms with Crippen molar-refractivity contribution in [1.29, 1.82) is 0 Å². The number of amides is 1. The zero-order chi connectivity index (χ0) is 24.3. The van der Waals surface area contributed by atoms with Crippen molar-refractivity contribution in [2.24, 2.45) is 17.1 Å². The number of carbonyl (C=O) groups excluding carboxylic acids is 1. The van der Waals surface area contributed by atoms with Crippen LogP contribution in [0.3, 0.4) is 0 Å². The molecule has 179 valence electrons. The van der Waals surface area contributed by atoms with E-state index in [2.05, 4.69) is 97.1 Å². The van der Waals surface area contributed by atoms with Crippen LogP contribution in [-0.4, -0.2) is 11.8 Å². The fraction of sp³-hybridized carbons (Fsp3) is 0.276. The van der Waals surface area contributed by atoms with Crippen LogP contribution in [0.1, 0.15) is 40.4 Å². The van der Waals surface area contributed by atoms with Crippen LogP contribution in [0.25, 0.3) is 6.08 Å². The van der Waals surface area contributed by atoms with Gasteiger partial charge in [0.15, 0.2) is 0 Å². The molecule has 0 spiro atoms. The number of primary amides is 1. The van der Waals surface area contributed by atoms with Crippen LogP contribution in [0, 0.1) is 11.3 Å². The van der Waals surface area contributed by atoms with Crippen LogP contribution in [0.4, 0.5) is 0 Å². The molecule has 2 nitrogen and oxygen atoms in total. The van der Waals surface area contributed by atoms with Gasteiger partial charge >= 0.3 is 218 Å². The van der Waals surface area contributed by atoms with E-state index in [0.717, 1.165) is 25.7 Å². The van der Waals surface area contributed by atoms with Gasteiger partial charge < -0.3 is 0 Å². The van der Waals surface area contributed by atoms with Gasteiger partial charge in [-0.05, 0) is 0 Å². The quantitative estimate of drug-likeness (QED) is 0.361. The third kappa shape index (κ3) is 3.47. The Morgan fingerprint density at radius 2 is 1.51 bits per heavy atom. The minimum atomic E-state index is -5.05. The molecule has 0 radical (unpaired) electrons. The molecule has 3 aromatic rings. The van der Waals surface area contributed by atoms with Gasteiger partial charge in [0.2, 0.25) is 0 Å². The molecule has 0 aromatic heterocycles. The van der Waals surface area contributed by atoms with Gasteiger partial charge in [0, 0.05) is 0 Å². The minimum absolute atomic E-state index is 0.0265. The van der Waals surface area contributed by atoms with E-state index in [1.54, 1.807) is 0 Å². The average Bonchev–Trinajstić information content (AvgIpc) is 3.60. The van der Waals surface area contributed by atoms with Crippen molar-refractivity contribution < 1.29 is 20.4 Å². The summed E-state index contributed by atoms with van der Waals surface area (Å²) < 4.78 is -0.0602. The van der Waals surface area contributed by atoms with Gasteiger partial charge in [0.05, 0.1) is 0 Å². The molecule has 35 heavy (non-hydrogen) atoms. The van der Waals surface area contributed by atoms with Crippen molar-refractivity contribution in [2.75, 3.05) is 0 Å². The maximum absolute atomic E-state index is 13.3. The van der Waals surface area contributed by atoms with E-state index < -0.39 is 26.9 Å². The SMILES string of the molecule is NC(=O)C12CCC(C[CH]1[Zr]([Cl])([Cl])([CH]1C=Cc3ccccc31)[SiH](c1ccccc1)c1ccccc1)C2. The first kappa shape index (κ1) is 23.9. The van der Waals surface area contributed by atoms with Gasteiger partial charge in [0.1, 0.15) is 0 Å². The molecule has 4 atom stereocenters. The van der Waals surface area contributed by atoms with Gasteiger partial charge in [-0.2, -0.15) is 0 Å². The van der Waals surface area contributed by atoms with Gasteiger partial charge in [-0.15, -0.1) is 0 Å². The zero-order valence-electron chi connectivity index (χ0n) is 19.6. The second kappa shape index (κ2) is 8.55. The van der Waals surface area contributed by atoms with Gasteiger partial charge in [-0.1, -0.05) is 0 Å². The van der Waals surface area contributed by atoms with Crippen LogP contribution in [0.2, 0.25) is 3.63 Å². The normalized spacial score (nSPS) is 28.1. The number of nitrogens with two attached hydrogens (primary N) is 1. The van der Waals surface area contributed by atoms with Crippen molar-refractivity contribution in [3.05, 3.63) is 102 Å². The van der Waals surface area contributed by atoms with Crippen molar-refractivity contribution >= 4 is 45.3 Å². The Labute approximate surface area is 216 Å². The predicted molar refractivity (Wildman–Crippen MR) is 147 cm³/mol. The Balaban J connectivity index is 1.67. The van der Waals surface area contributed by atoms with Crippen molar-refractivity contribution in [2.45, 2.75) is 32.9 Å². The van der Waals surface area contributed by atoms with Crippen molar-refractivity contribution in [3.8, 4) is 0 Å². The number of benzene rings is 3. The zero-order valence-corrected chi connectivity index (χ0v) is 24.7. The molecule has 0 heterocycles. The number of rotatable bonds is 6. The van der Waals surface area contributed by atoms with E-state index in [-0.39, 0.29) is 13.2 Å². The Bertz CT molecular complexity index is 1280. The number of allylic oxidation sites excluding steroid dienone is 1. The standard InChI is InChI=1S/C12H11Si.C9H7.C8H12NO.2ClH.Zr/c1-3-7-11(8-4-1)13-12-9-5-2-6-10-12;1-2-5-9-7-3-6-8(9)4-1;9-7(10)8-3-1-6(5-8)2-4-8;;;/h1-10,13H;1-7H;3,6H,1-2,4-5H2,(H2,9,10);2*1H;/q;;;;;+2/p-2. The van der Waals surface area contributed by atoms with Crippen LogP contribution in [-0.2, 0) is 20.4 Å². The summed E-state index contributed by atoms with van der Waals surface area (Å²) in [5.74, 6) is -1.90. The van der Waals surface area contributed by atoms with E-state index >= 15 is 0 Å².